The molecule has 1 aliphatic rings. The van der Waals surface area contributed by atoms with Gasteiger partial charge in [0.25, 0.3) is 0 Å². The lowest BCUT2D eigenvalue weighted by molar-refractivity contribution is 0.267. The monoisotopic (exact) mass is 413 g/mol. The number of rotatable bonds is 9. The number of aryl methyl sites for hydroxylation is 1. The number of hydrogen-bond acceptors (Lipinski definition) is 5. The van der Waals surface area contributed by atoms with Crippen molar-refractivity contribution in [1.29, 1.82) is 0 Å². The average molecular weight is 414 g/mol. The molecule has 8 heteroatoms. The molecule has 1 aliphatic heterocycles. The lowest BCUT2D eigenvalue weighted by Gasteiger charge is -2.24. The summed E-state index contributed by atoms with van der Waals surface area (Å²) in [5.41, 5.74) is 1.08. The molecule has 164 valence electrons. The van der Waals surface area contributed by atoms with Crippen molar-refractivity contribution in [3.05, 3.63) is 41.5 Å². The van der Waals surface area contributed by atoms with Crippen LogP contribution in [0.3, 0.4) is 0 Å². The van der Waals surface area contributed by atoms with Gasteiger partial charge >= 0.3 is 0 Å². The molecule has 30 heavy (non-hydrogen) atoms. The molecule has 0 saturated carbocycles. The van der Waals surface area contributed by atoms with Crippen LogP contribution in [0, 0.1) is 6.92 Å². The van der Waals surface area contributed by atoms with Crippen LogP contribution in [-0.2, 0) is 20.1 Å². The topological polar surface area (TPSA) is 79.6 Å². The number of guanidine groups is 1. The van der Waals surface area contributed by atoms with Gasteiger partial charge in [0, 0.05) is 25.2 Å². The van der Waals surface area contributed by atoms with E-state index in [1.807, 2.05) is 43.7 Å². The molecule has 2 N–H and O–H groups in total. The zero-order valence-corrected chi connectivity index (χ0v) is 18.7. The lowest BCUT2D eigenvalue weighted by atomic mass is 10.2. The molecular weight excluding hydrogens is 378 g/mol. The van der Waals surface area contributed by atoms with E-state index < -0.39 is 0 Å². The van der Waals surface area contributed by atoms with Crippen LogP contribution in [0.25, 0.3) is 0 Å². The molecule has 1 aromatic heterocycles. The summed E-state index contributed by atoms with van der Waals surface area (Å²) in [6.45, 7) is 11.1. The van der Waals surface area contributed by atoms with Gasteiger partial charge in [-0.15, -0.1) is 10.2 Å². The number of benzene rings is 1. The minimum absolute atomic E-state index is 0.547. The van der Waals surface area contributed by atoms with E-state index in [4.69, 9.17) is 9.73 Å². The summed E-state index contributed by atoms with van der Waals surface area (Å²) < 4.78 is 7.74. The first-order valence-electron chi connectivity index (χ1n) is 10.9. The highest BCUT2D eigenvalue weighted by molar-refractivity contribution is 5.79. The van der Waals surface area contributed by atoms with Crippen molar-refractivity contribution in [2.75, 3.05) is 26.2 Å². The number of likely N-dealkylation sites (N-methyl/N-ethyl adjacent to an activating group) is 1. The fraction of sp³-hybridized carbons (Fsp3) is 0.591. The van der Waals surface area contributed by atoms with E-state index in [0.29, 0.717) is 25.7 Å². The van der Waals surface area contributed by atoms with Crippen molar-refractivity contribution < 1.29 is 4.74 Å². The summed E-state index contributed by atoms with van der Waals surface area (Å²) in [5.74, 6) is 3.45. The fourth-order valence-electron chi connectivity index (χ4n) is 3.79. The molecule has 2 heterocycles. The molecule has 2 aromatic rings. The molecule has 1 unspecified atom stereocenters. The van der Waals surface area contributed by atoms with Crippen LogP contribution in [0.15, 0.2) is 29.3 Å². The van der Waals surface area contributed by atoms with Crippen LogP contribution >= 0.6 is 0 Å². The van der Waals surface area contributed by atoms with E-state index in [1.54, 1.807) is 0 Å². The Labute approximate surface area is 179 Å². The molecule has 0 amide bonds. The van der Waals surface area contributed by atoms with Gasteiger partial charge in [-0.25, -0.2) is 4.99 Å². The number of ether oxygens (including phenoxy) is 1. The second kappa shape index (κ2) is 11.0. The van der Waals surface area contributed by atoms with Gasteiger partial charge in [-0.3, -0.25) is 4.90 Å². The average Bonchev–Trinajstić information content (AvgIpc) is 3.35. The quantitative estimate of drug-likeness (QED) is 0.485. The summed E-state index contributed by atoms with van der Waals surface area (Å²) in [4.78, 5) is 7.37. The fourth-order valence-corrected chi connectivity index (χ4v) is 3.79. The number of aromatic nitrogens is 3. The lowest BCUT2D eigenvalue weighted by Crippen LogP contribution is -2.44. The SMILES string of the molecule is CCOc1ccccc1CN=C(NCc1nnc(C)n1C)NCC1CCCN1CC. The van der Waals surface area contributed by atoms with E-state index in [-0.39, 0.29) is 0 Å². The number of para-hydroxylation sites is 1. The number of aliphatic imine (C=N–C) groups is 1. The molecule has 1 atom stereocenters. The number of likely N-dealkylation sites (tertiary alicyclic amines) is 1. The normalized spacial score (nSPS) is 17.3. The standard InChI is InChI=1S/C22H35N7O/c1-5-29-13-9-11-19(29)15-24-22(25-16-21-27-26-17(3)28(21)4)23-14-18-10-7-8-12-20(18)30-6-2/h7-8,10,12,19H,5-6,9,11,13-16H2,1-4H3,(H2,23,24,25). The third-order valence-electron chi connectivity index (χ3n) is 5.69. The van der Waals surface area contributed by atoms with Gasteiger partial charge in [0.05, 0.1) is 19.7 Å². The number of nitrogens with zero attached hydrogens (tertiary/aromatic N) is 5. The maximum Gasteiger partial charge on any atom is 0.192 e. The van der Waals surface area contributed by atoms with Gasteiger partial charge in [0.2, 0.25) is 0 Å². The summed E-state index contributed by atoms with van der Waals surface area (Å²) in [5, 5.41) is 15.4. The van der Waals surface area contributed by atoms with Crippen LogP contribution in [0.1, 0.15) is 43.9 Å². The number of nitrogens with one attached hydrogen (secondary N) is 2. The predicted octanol–water partition coefficient (Wildman–Crippen LogP) is 2.24. The van der Waals surface area contributed by atoms with Crippen molar-refractivity contribution in [2.45, 2.75) is 52.7 Å². The molecule has 0 radical (unpaired) electrons. The van der Waals surface area contributed by atoms with Crippen LogP contribution in [0.2, 0.25) is 0 Å². The Morgan fingerprint density at radius 3 is 2.80 bits per heavy atom. The predicted molar refractivity (Wildman–Crippen MR) is 120 cm³/mol. The summed E-state index contributed by atoms with van der Waals surface area (Å²) in [7, 11) is 1.98. The molecule has 0 bridgehead atoms. The van der Waals surface area contributed by atoms with E-state index in [0.717, 1.165) is 42.0 Å². The van der Waals surface area contributed by atoms with Gasteiger partial charge in [-0.1, -0.05) is 25.1 Å². The van der Waals surface area contributed by atoms with Crippen molar-refractivity contribution in [2.24, 2.45) is 12.0 Å². The highest BCUT2D eigenvalue weighted by atomic mass is 16.5. The Balaban J connectivity index is 1.69. The van der Waals surface area contributed by atoms with E-state index in [1.165, 1.54) is 19.4 Å². The zero-order valence-electron chi connectivity index (χ0n) is 18.7. The molecule has 8 nitrogen and oxygen atoms in total. The highest BCUT2D eigenvalue weighted by Gasteiger charge is 2.22. The molecule has 3 rings (SSSR count). The van der Waals surface area contributed by atoms with Crippen molar-refractivity contribution >= 4 is 5.96 Å². The smallest absolute Gasteiger partial charge is 0.192 e. The largest absolute Gasteiger partial charge is 0.494 e. The van der Waals surface area contributed by atoms with Crippen LogP contribution in [0.4, 0.5) is 0 Å². The zero-order chi connectivity index (χ0) is 21.3. The van der Waals surface area contributed by atoms with Gasteiger partial charge in [-0.05, 0) is 45.8 Å². The van der Waals surface area contributed by atoms with Crippen molar-refractivity contribution in [1.82, 2.24) is 30.3 Å². The first kappa shape index (κ1) is 22.1. The third kappa shape index (κ3) is 5.72. The van der Waals surface area contributed by atoms with Gasteiger partial charge in [0.1, 0.15) is 11.6 Å². The highest BCUT2D eigenvalue weighted by Crippen LogP contribution is 2.19. The van der Waals surface area contributed by atoms with Crippen molar-refractivity contribution in [3.63, 3.8) is 0 Å². The first-order chi connectivity index (χ1) is 14.6. The Morgan fingerprint density at radius 2 is 2.07 bits per heavy atom. The second-order valence-corrected chi connectivity index (χ2v) is 7.59. The van der Waals surface area contributed by atoms with E-state index in [2.05, 4.69) is 38.7 Å². The summed E-state index contributed by atoms with van der Waals surface area (Å²) in [6, 6.07) is 8.62. The minimum atomic E-state index is 0.547. The summed E-state index contributed by atoms with van der Waals surface area (Å²) in [6.07, 6.45) is 2.49. The van der Waals surface area contributed by atoms with Crippen molar-refractivity contribution in [3.8, 4) is 5.75 Å². The minimum Gasteiger partial charge on any atom is -0.494 e. The van der Waals surface area contributed by atoms with Crippen LogP contribution in [0.5, 0.6) is 5.75 Å². The Bertz CT molecular complexity index is 833. The van der Waals surface area contributed by atoms with Gasteiger partial charge in [-0.2, -0.15) is 0 Å². The summed E-state index contributed by atoms with van der Waals surface area (Å²) >= 11 is 0. The van der Waals surface area contributed by atoms with Crippen LogP contribution < -0.4 is 15.4 Å². The second-order valence-electron chi connectivity index (χ2n) is 7.59. The Hall–Kier alpha value is -2.61. The van der Waals surface area contributed by atoms with E-state index >= 15 is 0 Å². The molecule has 0 spiro atoms. The van der Waals surface area contributed by atoms with E-state index in [9.17, 15) is 0 Å². The third-order valence-corrected chi connectivity index (χ3v) is 5.69. The maximum atomic E-state index is 5.75. The molecule has 0 aliphatic carbocycles. The van der Waals surface area contributed by atoms with Gasteiger partial charge in [0.15, 0.2) is 11.8 Å². The molecular formula is C22H35N7O. The Morgan fingerprint density at radius 1 is 1.23 bits per heavy atom. The number of hydrogen-bond donors (Lipinski definition) is 2. The first-order valence-corrected chi connectivity index (χ1v) is 10.9. The maximum absolute atomic E-state index is 5.75. The van der Waals surface area contributed by atoms with Crippen LogP contribution in [-0.4, -0.2) is 57.9 Å². The Kier molecular flexibility index (Phi) is 8.07. The molecule has 1 aromatic carbocycles. The van der Waals surface area contributed by atoms with Gasteiger partial charge < -0.3 is 19.9 Å². The molecule has 1 saturated heterocycles. The molecule has 1 fully saturated rings.